The lowest BCUT2D eigenvalue weighted by molar-refractivity contribution is 0.273. The third-order valence-corrected chi connectivity index (χ3v) is 2.35. The smallest absolute Gasteiger partial charge is 0.105 e. The number of aromatic nitrogens is 2. The van der Waals surface area contributed by atoms with E-state index in [1.165, 1.54) is 0 Å². The van der Waals surface area contributed by atoms with Gasteiger partial charge in [0.2, 0.25) is 0 Å². The van der Waals surface area contributed by atoms with Gasteiger partial charge in [0.1, 0.15) is 5.82 Å². The van der Waals surface area contributed by atoms with E-state index in [0.717, 1.165) is 11.5 Å². The monoisotopic (exact) mass is 197 g/mol. The molecule has 3 N–H and O–H groups in total. The minimum Gasteiger partial charge on any atom is -0.396 e. The highest BCUT2D eigenvalue weighted by atomic mass is 16.3. The van der Waals surface area contributed by atoms with Crippen molar-refractivity contribution in [3.8, 4) is 0 Å². The van der Waals surface area contributed by atoms with Crippen LogP contribution in [0.4, 0.5) is 0 Å². The molecule has 0 saturated heterocycles. The molecule has 0 fully saturated rings. The molecule has 80 valence electrons. The quantitative estimate of drug-likeness (QED) is 0.761. The average Bonchev–Trinajstić information content (AvgIpc) is 2.47. The Morgan fingerprint density at radius 1 is 1.57 bits per heavy atom. The molecule has 0 saturated carbocycles. The van der Waals surface area contributed by atoms with Gasteiger partial charge in [0.05, 0.1) is 11.9 Å². The van der Waals surface area contributed by atoms with Gasteiger partial charge < -0.3 is 15.4 Å². The van der Waals surface area contributed by atoms with Gasteiger partial charge in [-0.2, -0.15) is 0 Å². The summed E-state index contributed by atoms with van der Waals surface area (Å²) in [6.07, 6.45) is 2.38. The molecule has 0 aromatic carbocycles. The summed E-state index contributed by atoms with van der Waals surface area (Å²) >= 11 is 0. The first-order valence-electron chi connectivity index (χ1n) is 4.98. The largest absolute Gasteiger partial charge is 0.396 e. The standard InChI is InChI=1S/C10H19N3O/c1-7(2)13-8(3)12-6-10(13)9(11)4-5-14/h6-7,9,14H,4-5,11H2,1-3H3. The first kappa shape index (κ1) is 11.2. The predicted octanol–water partition coefficient (Wildman–Crippen LogP) is 1.15. The molecule has 1 aromatic heterocycles. The highest BCUT2D eigenvalue weighted by Gasteiger charge is 2.15. The van der Waals surface area contributed by atoms with Crippen molar-refractivity contribution in [2.75, 3.05) is 6.61 Å². The van der Waals surface area contributed by atoms with Crippen molar-refractivity contribution < 1.29 is 5.11 Å². The third kappa shape index (κ3) is 2.13. The Morgan fingerprint density at radius 3 is 2.71 bits per heavy atom. The lowest BCUT2D eigenvalue weighted by atomic mass is 10.1. The van der Waals surface area contributed by atoms with Gasteiger partial charge in [-0.15, -0.1) is 0 Å². The Bertz CT molecular complexity index is 294. The molecule has 1 heterocycles. The van der Waals surface area contributed by atoms with Crippen molar-refractivity contribution in [1.82, 2.24) is 9.55 Å². The van der Waals surface area contributed by atoms with Crippen LogP contribution in [0.25, 0.3) is 0 Å². The maximum Gasteiger partial charge on any atom is 0.105 e. The number of aliphatic hydroxyl groups is 1. The van der Waals surface area contributed by atoms with Crippen molar-refractivity contribution in [2.45, 2.75) is 39.3 Å². The molecule has 4 nitrogen and oxygen atoms in total. The van der Waals surface area contributed by atoms with Crippen molar-refractivity contribution in [1.29, 1.82) is 0 Å². The van der Waals surface area contributed by atoms with E-state index in [9.17, 15) is 0 Å². The number of nitrogens with zero attached hydrogens (tertiary/aromatic N) is 2. The zero-order valence-corrected chi connectivity index (χ0v) is 9.07. The van der Waals surface area contributed by atoms with Crippen molar-refractivity contribution in [3.63, 3.8) is 0 Å². The van der Waals surface area contributed by atoms with Crippen molar-refractivity contribution in [2.24, 2.45) is 5.73 Å². The van der Waals surface area contributed by atoms with Crippen molar-refractivity contribution in [3.05, 3.63) is 17.7 Å². The number of rotatable bonds is 4. The summed E-state index contributed by atoms with van der Waals surface area (Å²) in [6.45, 7) is 6.28. The van der Waals surface area contributed by atoms with Crippen LogP contribution < -0.4 is 5.73 Å². The minimum atomic E-state index is -0.122. The fourth-order valence-corrected chi connectivity index (χ4v) is 1.70. The molecular formula is C10H19N3O. The van der Waals surface area contributed by atoms with Gasteiger partial charge in [-0.25, -0.2) is 4.98 Å². The fraction of sp³-hybridized carbons (Fsp3) is 0.700. The topological polar surface area (TPSA) is 64.1 Å². The van der Waals surface area contributed by atoms with Gasteiger partial charge in [0, 0.05) is 18.7 Å². The normalized spacial score (nSPS) is 13.6. The van der Waals surface area contributed by atoms with E-state index in [4.69, 9.17) is 10.8 Å². The van der Waals surface area contributed by atoms with Crippen LogP contribution in [0.5, 0.6) is 0 Å². The van der Waals surface area contributed by atoms with Gasteiger partial charge in [-0.1, -0.05) is 0 Å². The highest BCUT2D eigenvalue weighted by Crippen LogP contribution is 2.19. The zero-order valence-electron chi connectivity index (χ0n) is 9.07. The molecule has 1 atom stereocenters. The van der Waals surface area contributed by atoms with E-state index in [1.54, 1.807) is 6.20 Å². The molecule has 1 aromatic rings. The molecule has 0 amide bonds. The zero-order chi connectivity index (χ0) is 10.7. The Balaban J connectivity index is 2.96. The van der Waals surface area contributed by atoms with Gasteiger partial charge >= 0.3 is 0 Å². The first-order valence-corrected chi connectivity index (χ1v) is 4.98. The molecule has 14 heavy (non-hydrogen) atoms. The van der Waals surface area contributed by atoms with E-state index in [-0.39, 0.29) is 12.6 Å². The number of nitrogens with two attached hydrogens (primary N) is 1. The molecule has 0 aliphatic carbocycles. The van der Waals surface area contributed by atoms with Crippen LogP contribution in [-0.2, 0) is 0 Å². The molecular weight excluding hydrogens is 178 g/mol. The second-order valence-electron chi connectivity index (χ2n) is 3.81. The number of aliphatic hydroxyl groups excluding tert-OH is 1. The molecule has 0 bridgehead atoms. The van der Waals surface area contributed by atoms with Crippen LogP contribution in [0, 0.1) is 6.92 Å². The molecule has 0 radical (unpaired) electrons. The summed E-state index contributed by atoms with van der Waals surface area (Å²) in [6, 6.07) is 0.237. The second-order valence-corrected chi connectivity index (χ2v) is 3.81. The molecule has 4 heteroatoms. The Hall–Kier alpha value is -0.870. The second kappa shape index (κ2) is 4.57. The molecule has 0 aliphatic heterocycles. The summed E-state index contributed by atoms with van der Waals surface area (Å²) in [7, 11) is 0. The van der Waals surface area contributed by atoms with Crippen LogP contribution in [0.2, 0.25) is 0 Å². The molecule has 1 unspecified atom stereocenters. The summed E-state index contributed by atoms with van der Waals surface area (Å²) in [5.74, 6) is 0.975. The van der Waals surface area contributed by atoms with Crippen molar-refractivity contribution >= 4 is 0 Å². The maximum atomic E-state index is 8.82. The van der Waals surface area contributed by atoms with Crippen LogP contribution in [0.1, 0.15) is 43.9 Å². The van der Waals surface area contributed by atoms with Gasteiger partial charge in [0.15, 0.2) is 0 Å². The van der Waals surface area contributed by atoms with E-state index in [1.807, 2.05) is 6.92 Å². The van der Waals surface area contributed by atoms with E-state index < -0.39 is 0 Å². The summed E-state index contributed by atoms with van der Waals surface area (Å²) in [5, 5.41) is 8.82. The minimum absolute atomic E-state index is 0.115. The number of hydrogen-bond donors (Lipinski definition) is 2. The van der Waals surface area contributed by atoms with Crippen LogP contribution in [0.3, 0.4) is 0 Å². The van der Waals surface area contributed by atoms with E-state index >= 15 is 0 Å². The Labute approximate surface area is 84.8 Å². The van der Waals surface area contributed by atoms with E-state index in [0.29, 0.717) is 12.5 Å². The first-order chi connectivity index (χ1) is 6.57. The van der Waals surface area contributed by atoms with Crippen LogP contribution >= 0.6 is 0 Å². The Kier molecular flexibility index (Phi) is 3.66. The number of aryl methyl sites for hydroxylation is 1. The predicted molar refractivity (Wildman–Crippen MR) is 56.0 cm³/mol. The molecule has 1 rings (SSSR count). The lowest BCUT2D eigenvalue weighted by Crippen LogP contribution is -2.18. The average molecular weight is 197 g/mol. The fourth-order valence-electron chi connectivity index (χ4n) is 1.70. The summed E-state index contributed by atoms with van der Waals surface area (Å²) in [5.41, 5.74) is 6.94. The maximum absolute atomic E-state index is 8.82. The SMILES string of the molecule is Cc1ncc(C(N)CCO)n1C(C)C. The Morgan fingerprint density at radius 2 is 2.21 bits per heavy atom. The highest BCUT2D eigenvalue weighted by molar-refractivity contribution is 5.10. The number of hydrogen-bond acceptors (Lipinski definition) is 3. The van der Waals surface area contributed by atoms with Gasteiger partial charge in [-0.05, 0) is 27.2 Å². The third-order valence-electron chi connectivity index (χ3n) is 2.35. The molecule has 0 spiro atoms. The summed E-state index contributed by atoms with van der Waals surface area (Å²) in [4.78, 5) is 4.24. The van der Waals surface area contributed by atoms with Crippen LogP contribution in [-0.4, -0.2) is 21.3 Å². The summed E-state index contributed by atoms with van der Waals surface area (Å²) < 4.78 is 2.11. The van der Waals surface area contributed by atoms with Crippen LogP contribution in [0.15, 0.2) is 6.20 Å². The lowest BCUT2D eigenvalue weighted by Gasteiger charge is -2.18. The van der Waals surface area contributed by atoms with Gasteiger partial charge in [-0.3, -0.25) is 0 Å². The van der Waals surface area contributed by atoms with E-state index in [2.05, 4.69) is 23.4 Å². The molecule has 0 aliphatic rings. The number of imidazole rings is 1. The van der Waals surface area contributed by atoms with Gasteiger partial charge in [0.25, 0.3) is 0 Å².